The minimum absolute atomic E-state index is 0.0613. The fourth-order valence-corrected chi connectivity index (χ4v) is 2.85. The zero-order valence-corrected chi connectivity index (χ0v) is 14.0. The second-order valence-electron chi connectivity index (χ2n) is 5.95. The fraction of sp³-hybridized carbons (Fsp3) is 0.471. The summed E-state index contributed by atoms with van der Waals surface area (Å²) in [5.74, 6) is 0.138. The lowest BCUT2D eigenvalue weighted by Gasteiger charge is -2.33. The van der Waals surface area contributed by atoms with E-state index in [1.54, 1.807) is 23.1 Å². The molecular weight excluding hydrogens is 349 g/mol. The molecule has 3 rings (SSSR count). The predicted molar refractivity (Wildman–Crippen MR) is 88.5 cm³/mol. The van der Waals surface area contributed by atoms with Gasteiger partial charge in [0.2, 0.25) is 0 Å². The number of nitrogens with zero attached hydrogens (tertiary/aromatic N) is 4. The summed E-state index contributed by atoms with van der Waals surface area (Å²) < 4.78 is 45.4. The van der Waals surface area contributed by atoms with Crippen molar-refractivity contribution in [1.29, 1.82) is 0 Å². The number of halogens is 3. The van der Waals surface area contributed by atoms with Gasteiger partial charge in [-0.3, -0.25) is 4.98 Å². The Hall–Kier alpha value is -2.26. The summed E-state index contributed by atoms with van der Waals surface area (Å²) in [6.07, 6.45) is -1.69. The maximum absolute atomic E-state index is 13.3. The number of hydrogen-bond donors (Lipinski definition) is 1. The van der Waals surface area contributed by atoms with Gasteiger partial charge in [0.25, 0.3) is 0 Å². The van der Waals surface area contributed by atoms with E-state index in [2.05, 4.69) is 15.0 Å². The van der Waals surface area contributed by atoms with Crippen LogP contribution in [-0.2, 0) is 10.9 Å². The van der Waals surface area contributed by atoms with Crippen molar-refractivity contribution < 1.29 is 23.0 Å². The highest BCUT2D eigenvalue weighted by atomic mass is 19.4. The first kappa shape index (κ1) is 18.5. The third kappa shape index (κ3) is 4.47. The summed E-state index contributed by atoms with van der Waals surface area (Å²) >= 11 is 0. The highest BCUT2D eigenvalue weighted by molar-refractivity contribution is 5.54. The molecular formula is C17H19F3N4O2. The molecule has 0 spiro atoms. The summed E-state index contributed by atoms with van der Waals surface area (Å²) in [6.45, 7) is 1.10. The minimum atomic E-state index is -4.58. The molecule has 0 amide bonds. The van der Waals surface area contributed by atoms with Gasteiger partial charge in [-0.05, 0) is 25.0 Å². The Balaban J connectivity index is 1.93. The van der Waals surface area contributed by atoms with Gasteiger partial charge in [-0.25, -0.2) is 9.97 Å². The largest absolute Gasteiger partial charge is 0.433 e. The summed E-state index contributed by atoms with van der Waals surface area (Å²) in [7, 11) is 0. The van der Waals surface area contributed by atoms with Crippen LogP contribution < -0.4 is 4.90 Å². The van der Waals surface area contributed by atoms with Crippen molar-refractivity contribution in [1.82, 2.24) is 15.0 Å². The first-order chi connectivity index (χ1) is 12.5. The number of piperidine rings is 1. The molecule has 6 nitrogen and oxygen atoms in total. The van der Waals surface area contributed by atoms with Crippen LogP contribution >= 0.6 is 0 Å². The molecule has 26 heavy (non-hydrogen) atoms. The Morgan fingerprint density at radius 3 is 2.81 bits per heavy atom. The van der Waals surface area contributed by atoms with Gasteiger partial charge >= 0.3 is 6.18 Å². The molecule has 1 saturated heterocycles. The van der Waals surface area contributed by atoms with Gasteiger partial charge in [-0.15, -0.1) is 0 Å². The molecule has 0 aromatic carbocycles. The van der Waals surface area contributed by atoms with Crippen LogP contribution in [0.5, 0.6) is 0 Å². The van der Waals surface area contributed by atoms with E-state index in [-0.39, 0.29) is 36.7 Å². The summed E-state index contributed by atoms with van der Waals surface area (Å²) in [5, 5.41) is 8.88. The molecule has 1 atom stereocenters. The van der Waals surface area contributed by atoms with Crippen molar-refractivity contribution in [3.8, 4) is 11.5 Å². The molecule has 0 bridgehead atoms. The molecule has 0 aliphatic carbocycles. The van der Waals surface area contributed by atoms with Crippen LogP contribution in [0.15, 0.2) is 30.5 Å². The number of pyridine rings is 1. The van der Waals surface area contributed by atoms with Crippen LogP contribution in [0.3, 0.4) is 0 Å². The molecule has 1 unspecified atom stereocenters. The molecule has 140 valence electrons. The Morgan fingerprint density at radius 2 is 2.12 bits per heavy atom. The second-order valence-corrected chi connectivity index (χ2v) is 5.95. The van der Waals surface area contributed by atoms with Gasteiger partial charge in [-0.1, -0.05) is 6.07 Å². The summed E-state index contributed by atoms with van der Waals surface area (Å²) in [4.78, 5) is 13.8. The lowest BCUT2D eigenvalue weighted by molar-refractivity contribution is -0.141. The number of hydrogen-bond acceptors (Lipinski definition) is 6. The zero-order valence-electron chi connectivity index (χ0n) is 14.0. The fourth-order valence-electron chi connectivity index (χ4n) is 2.85. The van der Waals surface area contributed by atoms with Gasteiger partial charge in [0.1, 0.15) is 11.5 Å². The maximum atomic E-state index is 13.3. The van der Waals surface area contributed by atoms with Crippen molar-refractivity contribution in [3.05, 3.63) is 36.2 Å². The Kier molecular flexibility index (Phi) is 5.67. The number of aliphatic hydroxyl groups is 1. The van der Waals surface area contributed by atoms with Crippen LogP contribution in [0.25, 0.3) is 11.5 Å². The van der Waals surface area contributed by atoms with Gasteiger partial charge in [0, 0.05) is 25.4 Å². The third-order valence-corrected chi connectivity index (χ3v) is 4.04. The average molecular weight is 368 g/mol. The van der Waals surface area contributed by atoms with Crippen LogP contribution in [0.2, 0.25) is 0 Å². The lowest BCUT2D eigenvalue weighted by Crippen LogP contribution is -2.40. The maximum Gasteiger partial charge on any atom is 0.433 e. The number of rotatable bonds is 5. The molecule has 2 aromatic heterocycles. The number of ether oxygens (including phenoxy) is 1. The van der Waals surface area contributed by atoms with E-state index in [0.29, 0.717) is 13.1 Å². The standard InChI is InChI=1S/C17H19F3N4O2/c18-17(19,20)14-10-15(23-16(22-14)13-5-1-2-6-21-13)24-7-3-4-12(11-24)26-9-8-25/h1-2,5-6,10,12,25H,3-4,7-9,11H2. The normalized spacial score (nSPS) is 18.2. The van der Waals surface area contributed by atoms with Gasteiger partial charge < -0.3 is 14.7 Å². The number of aliphatic hydroxyl groups excluding tert-OH is 1. The van der Waals surface area contributed by atoms with Crippen molar-refractivity contribution in [2.75, 3.05) is 31.2 Å². The molecule has 9 heteroatoms. The van der Waals surface area contributed by atoms with E-state index in [9.17, 15) is 13.2 Å². The molecule has 0 radical (unpaired) electrons. The van der Waals surface area contributed by atoms with E-state index in [0.717, 1.165) is 18.9 Å². The molecule has 0 saturated carbocycles. The Bertz CT molecular complexity index is 728. The van der Waals surface area contributed by atoms with Crippen molar-refractivity contribution in [2.45, 2.75) is 25.1 Å². The molecule has 2 aromatic rings. The van der Waals surface area contributed by atoms with E-state index in [4.69, 9.17) is 9.84 Å². The van der Waals surface area contributed by atoms with E-state index in [1.165, 1.54) is 6.20 Å². The van der Waals surface area contributed by atoms with Crippen LogP contribution in [0.1, 0.15) is 18.5 Å². The van der Waals surface area contributed by atoms with Crippen LogP contribution in [-0.4, -0.2) is 52.5 Å². The third-order valence-electron chi connectivity index (χ3n) is 4.04. The highest BCUT2D eigenvalue weighted by Crippen LogP contribution is 2.32. The molecule has 3 heterocycles. The van der Waals surface area contributed by atoms with E-state index in [1.807, 2.05) is 0 Å². The Labute approximate surface area is 148 Å². The lowest BCUT2D eigenvalue weighted by atomic mass is 10.1. The number of aromatic nitrogens is 3. The van der Waals surface area contributed by atoms with Gasteiger partial charge in [0.15, 0.2) is 11.5 Å². The SMILES string of the molecule is OCCOC1CCCN(c2cc(C(F)(F)F)nc(-c3ccccn3)n2)C1. The van der Waals surface area contributed by atoms with Gasteiger partial charge in [-0.2, -0.15) is 13.2 Å². The first-order valence-electron chi connectivity index (χ1n) is 8.32. The van der Waals surface area contributed by atoms with E-state index >= 15 is 0 Å². The topological polar surface area (TPSA) is 71.4 Å². The molecule has 1 aliphatic heterocycles. The monoisotopic (exact) mass is 368 g/mol. The summed E-state index contributed by atoms with van der Waals surface area (Å²) in [5.41, 5.74) is -0.716. The quantitative estimate of drug-likeness (QED) is 0.875. The highest BCUT2D eigenvalue weighted by Gasteiger charge is 2.35. The molecule has 1 fully saturated rings. The average Bonchev–Trinajstić information content (AvgIpc) is 2.66. The smallest absolute Gasteiger partial charge is 0.394 e. The number of alkyl halides is 3. The van der Waals surface area contributed by atoms with Crippen LogP contribution in [0.4, 0.5) is 19.0 Å². The summed E-state index contributed by atoms with van der Waals surface area (Å²) in [6, 6.07) is 5.88. The van der Waals surface area contributed by atoms with Crippen molar-refractivity contribution in [3.63, 3.8) is 0 Å². The molecule has 1 N–H and O–H groups in total. The predicted octanol–water partition coefficient (Wildman–Crippen LogP) is 2.54. The first-order valence-corrected chi connectivity index (χ1v) is 8.32. The molecule has 1 aliphatic rings. The van der Waals surface area contributed by atoms with Crippen molar-refractivity contribution >= 4 is 5.82 Å². The van der Waals surface area contributed by atoms with Crippen molar-refractivity contribution in [2.24, 2.45) is 0 Å². The number of anilines is 1. The Morgan fingerprint density at radius 1 is 1.27 bits per heavy atom. The second kappa shape index (κ2) is 7.96. The zero-order chi connectivity index (χ0) is 18.6. The van der Waals surface area contributed by atoms with Gasteiger partial charge in [0.05, 0.1) is 19.3 Å². The van der Waals surface area contributed by atoms with Crippen LogP contribution in [0, 0.1) is 0 Å². The minimum Gasteiger partial charge on any atom is -0.394 e. The van der Waals surface area contributed by atoms with E-state index < -0.39 is 11.9 Å².